The maximum atomic E-state index is 13.3. The van der Waals surface area contributed by atoms with Crippen LogP contribution in [-0.2, 0) is 6.54 Å². The van der Waals surface area contributed by atoms with Crippen LogP contribution in [0.3, 0.4) is 0 Å². The topological polar surface area (TPSA) is 15.3 Å². The molecule has 3 rings (SSSR count). The van der Waals surface area contributed by atoms with E-state index in [1.807, 2.05) is 0 Å². The summed E-state index contributed by atoms with van der Waals surface area (Å²) < 4.78 is 14.3. The van der Waals surface area contributed by atoms with E-state index in [0.29, 0.717) is 6.04 Å². The Morgan fingerprint density at radius 2 is 2.00 bits per heavy atom. The van der Waals surface area contributed by atoms with Gasteiger partial charge in [-0.25, -0.2) is 4.39 Å². The van der Waals surface area contributed by atoms with E-state index in [1.54, 1.807) is 12.1 Å². The summed E-state index contributed by atoms with van der Waals surface area (Å²) in [5, 5.41) is 3.63. The number of nitrogens with one attached hydrogen (secondary N) is 1. The standard InChI is InChI=1S/C16H22BrFN2/c1-20-14-3-2-4-15(20)9-13(8-14)19-10-11-7-12(18)5-6-16(11)17/h5-7,13-15,19H,2-4,8-10H2,1H3. The molecule has 0 spiro atoms. The largest absolute Gasteiger partial charge is 0.310 e. The van der Waals surface area contributed by atoms with Crippen molar-refractivity contribution in [2.75, 3.05) is 7.05 Å². The zero-order valence-electron chi connectivity index (χ0n) is 11.9. The number of hydrogen-bond acceptors (Lipinski definition) is 2. The predicted molar refractivity (Wildman–Crippen MR) is 83.2 cm³/mol. The van der Waals surface area contributed by atoms with E-state index >= 15 is 0 Å². The summed E-state index contributed by atoms with van der Waals surface area (Å²) in [5.41, 5.74) is 1.01. The lowest BCUT2D eigenvalue weighted by atomic mass is 9.82. The van der Waals surface area contributed by atoms with Crippen LogP contribution in [-0.4, -0.2) is 30.1 Å². The average Bonchev–Trinajstić information content (AvgIpc) is 2.40. The molecule has 2 aliphatic rings. The SMILES string of the molecule is CN1C2CCCC1CC(NCc1cc(F)ccc1Br)C2. The Morgan fingerprint density at radius 3 is 2.70 bits per heavy atom. The first-order chi connectivity index (χ1) is 9.63. The first kappa shape index (κ1) is 14.5. The number of nitrogens with zero attached hydrogens (tertiary/aromatic N) is 1. The van der Waals surface area contributed by atoms with Crippen LogP contribution in [0.4, 0.5) is 4.39 Å². The third-order valence-electron chi connectivity index (χ3n) is 4.93. The summed E-state index contributed by atoms with van der Waals surface area (Å²) in [4.78, 5) is 2.57. The van der Waals surface area contributed by atoms with Crippen LogP contribution in [0.2, 0.25) is 0 Å². The normalized spacial score (nSPS) is 30.4. The fraction of sp³-hybridized carbons (Fsp3) is 0.625. The molecule has 0 aromatic heterocycles. The van der Waals surface area contributed by atoms with Crippen molar-refractivity contribution >= 4 is 15.9 Å². The molecule has 110 valence electrons. The predicted octanol–water partition coefficient (Wildman–Crippen LogP) is 3.69. The Labute approximate surface area is 128 Å². The van der Waals surface area contributed by atoms with Gasteiger partial charge in [0.2, 0.25) is 0 Å². The van der Waals surface area contributed by atoms with Gasteiger partial charge in [0.1, 0.15) is 5.82 Å². The van der Waals surface area contributed by atoms with Gasteiger partial charge in [0, 0.05) is 29.1 Å². The molecule has 0 saturated carbocycles. The average molecular weight is 341 g/mol. The number of hydrogen-bond donors (Lipinski definition) is 1. The third kappa shape index (κ3) is 3.07. The van der Waals surface area contributed by atoms with Crippen molar-refractivity contribution in [2.45, 2.75) is 56.8 Å². The van der Waals surface area contributed by atoms with Crippen molar-refractivity contribution in [3.8, 4) is 0 Å². The highest BCUT2D eigenvalue weighted by atomic mass is 79.9. The highest BCUT2D eigenvalue weighted by molar-refractivity contribution is 9.10. The minimum Gasteiger partial charge on any atom is -0.310 e. The highest BCUT2D eigenvalue weighted by Gasteiger charge is 2.35. The van der Waals surface area contributed by atoms with Crippen molar-refractivity contribution in [3.05, 3.63) is 34.1 Å². The van der Waals surface area contributed by atoms with Gasteiger partial charge in [-0.1, -0.05) is 22.4 Å². The molecule has 1 aromatic carbocycles. The van der Waals surface area contributed by atoms with E-state index in [4.69, 9.17) is 0 Å². The summed E-state index contributed by atoms with van der Waals surface area (Å²) in [6.07, 6.45) is 6.48. The van der Waals surface area contributed by atoms with Crippen LogP contribution in [0.1, 0.15) is 37.7 Å². The zero-order valence-corrected chi connectivity index (χ0v) is 13.5. The van der Waals surface area contributed by atoms with Crippen LogP contribution >= 0.6 is 15.9 Å². The molecule has 2 atom stereocenters. The first-order valence-electron chi connectivity index (χ1n) is 7.52. The van der Waals surface area contributed by atoms with Crippen LogP contribution in [0.15, 0.2) is 22.7 Å². The van der Waals surface area contributed by atoms with Gasteiger partial charge >= 0.3 is 0 Å². The Hall–Kier alpha value is -0.450. The van der Waals surface area contributed by atoms with E-state index in [2.05, 4.69) is 33.2 Å². The molecule has 2 unspecified atom stereocenters. The zero-order chi connectivity index (χ0) is 14.1. The number of rotatable bonds is 3. The fourth-order valence-corrected chi connectivity index (χ4v) is 4.10. The second-order valence-electron chi connectivity index (χ2n) is 6.19. The van der Waals surface area contributed by atoms with E-state index < -0.39 is 0 Å². The second kappa shape index (κ2) is 6.12. The molecule has 1 aromatic rings. The minimum atomic E-state index is -0.162. The maximum Gasteiger partial charge on any atom is 0.123 e. The molecule has 20 heavy (non-hydrogen) atoms. The van der Waals surface area contributed by atoms with Crippen LogP contribution in [0, 0.1) is 5.82 Å². The van der Waals surface area contributed by atoms with Crippen LogP contribution < -0.4 is 5.32 Å². The molecule has 2 fully saturated rings. The second-order valence-corrected chi connectivity index (χ2v) is 7.04. The van der Waals surface area contributed by atoms with E-state index in [-0.39, 0.29) is 5.82 Å². The van der Waals surface area contributed by atoms with Crippen molar-refractivity contribution in [3.63, 3.8) is 0 Å². The lowest BCUT2D eigenvalue weighted by molar-refractivity contribution is 0.0482. The lowest BCUT2D eigenvalue weighted by Crippen LogP contribution is -2.54. The number of halogens is 2. The Kier molecular flexibility index (Phi) is 4.43. The van der Waals surface area contributed by atoms with E-state index in [1.165, 1.54) is 38.2 Å². The van der Waals surface area contributed by atoms with Gasteiger partial charge in [0.15, 0.2) is 0 Å². The van der Waals surface area contributed by atoms with Crippen molar-refractivity contribution in [1.82, 2.24) is 10.2 Å². The molecule has 2 aliphatic heterocycles. The summed E-state index contributed by atoms with van der Waals surface area (Å²) >= 11 is 3.50. The number of benzene rings is 1. The van der Waals surface area contributed by atoms with E-state index in [9.17, 15) is 4.39 Å². The summed E-state index contributed by atoms with van der Waals surface area (Å²) in [6, 6.07) is 6.93. The molecule has 2 saturated heterocycles. The quantitative estimate of drug-likeness (QED) is 0.902. The van der Waals surface area contributed by atoms with Crippen LogP contribution in [0.5, 0.6) is 0 Å². The monoisotopic (exact) mass is 340 g/mol. The van der Waals surface area contributed by atoms with Gasteiger partial charge in [-0.15, -0.1) is 0 Å². The number of piperidine rings is 2. The van der Waals surface area contributed by atoms with Crippen molar-refractivity contribution in [1.29, 1.82) is 0 Å². The first-order valence-corrected chi connectivity index (χ1v) is 8.32. The molecule has 1 N–H and O–H groups in total. The molecular formula is C16H22BrFN2. The molecule has 0 aliphatic carbocycles. The molecule has 2 heterocycles. The van der Waals surface area contributed by atoms with Gasteiger partial charge in [0.05, 0.1) is 0 Å². The van der Waals surface area contributed by atoms with Gasteiger partial charge in [0.25, 0.3) is 0 Å². The van der Waals surface area contributed by atoms with E-state index in [0.717, 1.165) is 28.7 Å². The van der Waals surface area contributed by atoms with Gasteiger partial charge in [-0.2, -0.15) is 0 Å². The van der Waals surface area contributed by atoms with Gasteiger partial charge in [-0.3, -0.25) is 0 Å². The Balaban J connectivity index is 1.60. The maximum absolute atomic E-state index is 13.3. The van der Waals surface area contributed by atoms with Crippen LogP contribution in [0.25, 0.3) is 0 Å². The molecule has 4 heteroatoms. The highest BCUT2D eigenvalue weighted by Crippen LogP contribution is 2.32. The molecule has 2 bridgehead atoms. The Morgan fingerprint density at radius 1 is 1.30 bits per heavy atom. The number of fused-ring (bicyclic) bond motifs is 2. The molecule has 2 nitrogen and oxygen atoms in total. The third-order valence-corrected chi connectivity index (χ3v) is 5.70. The van der Waals surface area contributed by atoms with Crippen molar-refractivity contribution < 1.29 is 4.39 Å². The lowest BCUT2D eigenvalue weighted by Gasteiger charge is -2.47. The Bertz CT molecular complexity index is 466. The smallest absolute Gasteiger partial charge is 0.123 e. The summed E-state index contributed by atoms with van der Waals surface area (Å²) in [5.74, 6) is -0.162. The molecule has 0 amide bonds. The fourth-order valence-electron chi connectivity index (χ4n) is 3.72. The molecule has 0 radical (unpaired) electrons. The van der Waals surface area contributed by atoms with Gasteiger partial charge in [-0.05, 0) is 56.5 Å². The van der Waals surface area contributed by atoms with Gasteiger partial charge < -0.3 is 10.2 Å². The van der Waals surface area contributed by atoms with Crippen molar-refractivity contribution in [2.24, 2.45) is 0 Å². The minimum absolute atomic E-state index is 0.162. The summed E-state index contributed by atoms with van der Waals surface area (Å²) in [7, 11) is 2.27. The summed E-state index contributed by atoms with van der Waals surface area (Å²) in [6.45, 7) is 0.742. The molecular weight excluding hydrogens is 319 g/mol.